The maximum absolute atomic E-state index is 12.6. The van der Waals surface area contributed by atoms with Crippen molar-refractivity contribution in [3.05, 3.63) is 70.7 Å². The molecular formula is C18H18ClNO3S. The number of benzene rings is 2. The molecule has 0 N–H and O–H groups in total. The van der Waals surface area contributed by atoms with Crippen LogP contribution in [0.2, 0.25) is 5.02 Å². The summed E-state index contributed by atoms with van der Waals surface area (Å²) in [4.78, 5) is 14.2. The zero-order valence-electron chi connectivity index (χ0n) is 13.1. The van der Waals surface area contributed by atoms with E-state index in [9.17, 15) is 13.2 Å². The highest BCUT2D eigenvalue weighted by molar-refractivity contribution is 7.91. The average Bonchev–Trinajstić information content (AvgIpc) is 2.73. The fourth-order valence-electron chi connectivity index (χ4n) is 2.99. The summed E-state index contributed by atoms with van der Waals surface area (Å²) in [6.45, 7) is 0.612. The Morgan fingerprint density at radius 2 is 1.79 bits per heavy atom. The van der Waals surface area contributed by atoms with Crippen LogP contribution >= 0.6 is 11.6 Å². The van der Waals surface area contributed by atoms with Gasteiger partial charge in [0.15, 0.2) is 9.84 Å². The van der Waals surface area contributed by atoms with E-state index in [0.717, 1.165) is 5.56 Å². The predicted octanol–water partition coefficient (Wildman–Crippen LogP) is 3.34. The Hall–Kier alpha value is -1.85. The number of halogens is 1. The zero-order chi connectivity index (χ0) is 17.2. The molecule has 0 aliphatic carbocycles. The molecule has 0 aromatic heterocycles. The molecule has 24 heavy (non-hydrogen) atoms. The van der Waals surface area contributed by atoms with Gasteiger partial charge in [-0.05, 0) is 30.2 Å². The normalized spacial score (nSPS) is 20.4. The monoisotopic (exact) mass is 363 g/mol. The van der Waals surface area contributed by atoms with Crippen LogP contribution in [0.15, 0.2) is 54.6 Å². The molecule has 3 rings (SSSR count). The molecule has 1 saturated heterocycles. The third-order valence-corrected chi connectivity index (χ3v) is 6.63. The molecule has 0 saturated carbocycles. The summed E-state index contributed by atoms with van der Waals surface area (Å²) in [7, 11) is -3.29. The Morgan fingerprint density at radius 3 is 2.50 bits per heavy atom. The van der Waals surface area contributed by atoms with Gasteiger partial charge in [0.25, 0.3) is 5.91 Å². The van der Waals surface area contributed by atoms with Gasteiger partial charge >= 0.3 is 0 Å². The van der Waals surface area contributed by atoms with Crippen molar-refractivity contribution < 1.29 is 13.2 Å². The molecule has 1 aliphatic rings. The third-order valence-electron chi connectivity index (χ3n) is 4.27. The molecule has 1 aliphatic heterocycles. The Morgan fingerprint density at radius 1 is 1.04 bits per heavy atom. The van der Waals surface area contributed by atoms with E-state index in [-0.39, 0.29) is 18.2 Å². The van der Waals surface area contributed by atoms with Crippen molar-refractivity contribution in [1.82, 2.24) is 4.90 Å². The molecule has 1 unspecified atom stereocenters. The lowest BCUT2D eigenvalue weighted by atomic mass is 10.1. The number of hydrogen-bond acceptors (Lipinski definition) is 3. The number of carbonyl (C=O) groups excluding carboxylic acids is 1. The van der Waals surface area contributed by atoms with E-state index in [1.807, 2.05) is 30.3 Å². The van der Waals surface area contributed by atoms with Crippen LogP contribution in [0.4, 0.5) is 0 Å². The van der Waals surface area contributed by atoms with Crippen LogP contribution in [0.1, 0.15) is 27.6 Å². The van der Waals surface area contributed by atoms with Crippen molar-refractivity contribution in [3.63, 3.8) is 0 Å². The lowest BCUT2D eigenvalue weighted by Crippen LogP contribution is -2.33. The number of sulfone groups is 1. The standard InChI is InChI=1S/C18H18ClNO3S/c19-16-8-4-7-15(13-16)18(21)20-10-9-17(24(22,23)12-11-20)14-5-2-1-3-6-14/h1-8,13,17H,9-12H2. The predicted molar refractivity (Wildman–Crippen MR) is 94.9 cm³/mol. The summed E-state index contributed by atoms with van der Waals surface area (Å²) in [6.07, 6.45) is 0.401. The number of carbonyl (C=O) groups is 1. The first-order valence-electron chi connectivity index (χ1n) is 7.79. The zero-order valence-corrected chi connectivity index (χ0v) is 14.6. The SMILES string of the molecule is O=C(c1cccc(Cl)c1)N1CCC(c2ccccc2)S(=O)(=O)CC1. The van der Waals surface area contributed by atoms with E-state index in [2.05, 4.69) is 0 Å². The fraction of sp³-hybridized carbons (Fsp3) is 0.278. The molecule has 1 amide bonds. The average molecular weight is 364 g/mol. The Labute approximate surface area is 147 Å². The van der Waals surface area contributed by atoms with E-state index >= 15 is 0 Å². The van der Waals surface area contributed by atoms with Crippen LogP contribution in [-0.2, 0) is 9.84 Å². The summed E-state index contributed by atoms with van der Waals surface area (Å²) in [5, 5.41) is -0.0682. The van der Waals surface area contributed by atoms with Gasteiger partial charge in [-0.2, -0.15) is 0 Å². The second kappa shape index (κ2) is 6.95. The fourth-order valence-corrected chi connectivity index (χ4v) is 4.98. The second-order valence-corrected chi connectivity index (χ2v) is 8.60. The first-order chi connectivity index (χ1) is 11.5. The maximum atomic E-state index is 12.6. The highest BCUT2D eigenvalue weighted by Crippen LogP contribution is 2.29. The third kappa shape index (κ3) is 3.62. The van der Waals surface area contributed by atoms with Gasteiger partial charge in [-0.3, -0.25) is 4.79 Å². The van der Waals surface area contributed by atoms with Crippen LogP contribution in [0.3, 0.4) is 0 Å². The summed E-state index contributed by atoms with van der Waals surface area (Å²) >= 11 is 5.94. The van der Waals surface area contributed by atoms with Crippen LogP contribution < -0.4 is 0 Å². The van der Waals surface area contributed by atoms with E-state index in [1.165, 1.54) is 0 Å². The van der Waals surface area contributed by atoms with Gasteiger partial charge in [0.2, 0.25) is 0 Å². The number of nitrogens with zero attached hydrogens (tertiary/aromatic N) is 1. The van der Waals surface area contributed by atoms with Gasteiger partial charge in [-0.15, -0.1) is 0 Å². The van der Waals surface area contributed by atoms with E-state index in [4.69, 9.17) is 11.6 Å². The Kier molecular flexibility index (Phi) is 4.92. The first-order valence-corrected chi connectivity index (χ1v) is 9.88. The van der Waals surface area contributed by atoms with Gasteiger partial charge in [-0.1, -0.05) is 48.0 Å². The van der Waals surface area contributed by atoms with Crippen LogP contribution in [0.25, 0.3) is 0 Å². The van der Waals surface area contributed by atoms with Crippen molar-refractivity contribution in [2.45, 2.75) is 11.7 Å². The molecule has 126 valence electrons. The summed E-state index contributed by atoms with van der Waals surface area (Å²) < 4.78 is 25.2. The lowest BCUT2D eigenvalue weighted by molar-refractivity contribution is 0.0766. The van der Waals surface area contributed by atoms with Crippen molar-refractivity contribution >= 4 is 27.3 Å². The molecule has 1 atom stereocenters. The summed E-state index contributed by atoms with van der Waals surface area (Å²) in [5.41, 5.74) is 1.27. The van der Waals surface area contributed by atoms with E-state index < -0.39 is 15.1 Å². The van der Waals surface area contributed by atoms with E-state index in [0.29, 0.717) is 23.6 Å². The van der Waals surface area contributed by atoms with Crippen LogP contribution in [0, 0.1) is 0 Å². The lowest BCUT2D eigenvalue weighted by Gasteiger charge is -2.20. The van der Waals surface area contributed by atoms with Gasteiger partial charge in [0, 0.05) is 23.7 Å². The van der Waals surface area contributed by atoms with Gasteiger partial charge < -0.3 is 4.90 Å². The van der Waals surface area contributed by atoms with Crippen molar-refractivity contribution in [2.24, 2.45) is 0 Å². The molecule has 4 nitrogen and oxygen atoms in total. The minimum Gasteiger partial charge on any atom is -0.338 e. The molecule has 2 aromatic carbocycles. The largest absolute Gasteiger partial charge is 0.338 e. The second-order valence-electron chi connectivity index (χ2n) is 5.86. The smallest absolute Gasteiger partial charge is 0.253 e. The molecule has 6 heteroatoms. The van der Waals surface area contributed by atoms with Crippen molar-refractivity contribution in [2.75, 3.05) is 18.8 Å². The molecule has 0 spiro atoms. The molecule has 1 heterocycles. The Balaban J connectivity index is 1.82. The molecule has 1 fully saturated rings. The van der Waals surface area contributed by atoms with Crippen molar-refractivity contribution in [3.8, 4) is 0 Å². The topological polar surface area (TPSA) is 54.5 Å². The highest BCUT2D eigenvalue weighted by Gasteiger charge is 2.32. The molecular weight excluding hydrogens is 346 g/mol. The molecule has 2 aromatic rings. The maximum Gasteiger partial charge on any atom is 0.253 e. The minimum absolute atomic E-state index is 0.0289. The van der Waals surface area contributed by atoms with Crippen LogP contribution in [-0.4, -0.2) is 38.1 Å². The summed E-state index contributed by atoms with van der Waals surface area (Å²) in [5.74, 6) is -0.208. The van der Waals surface area contributed by atoms with Gasteiger partial charge in [0.05, 0.1) is 11.0 Å². The van der Waals surface area contributed by atoms with Gasteiger partial charge in [0.1, 0.15) is 0 Å². The Bertz CT molecular complexity index is 836. The number of amides is 1. The van der Waals surface area contributed by atoms with E-state index in [1.54, 1.807) is 29.2 Å². The molecule has 0 radical (unpaired) electrons. The summed E-state index contributed by atoms with van der Waals surface area (Å²) in [6, 6.07) is 15.9. The van der Waals surface area contributed by atoms with Gasteiger partial charge in [-0.25, -0.2) is 8.42 Å². The number of hydrogen-bond donors (Lipinski definition) is 0. The quantitative estimate of drug-likeness (QED) is 0.822. The minimum atomic E-state index is -3.29. The molecule has 0 bridgehead atoms. The first kappa shape index (κ1) is 17.0. The number of rotatable bonds is 2. The van der Waals surface area contributed by atoms with Crippen LogP contribution in [0.5, 0.6) is 0 Å². The van der Waals surface area contributed by atoms with Crippen molar-refractivity contribution in [1.29, 1.82) is 0 Å². The highest BCUT2D eigenvalue weighted by atomic mass is 35.5.